The molecule has 29 heavy (non-hydrogen) atoms. The van der Waals surface area contributed by atoms with Gasteiger partial charge in [-0.2, -0.15) is 0 Å². The van der Waals surface area contributed by atoms with Crippen LogP contribution in [-0.2, 0) is 11.3 Å². The summed E-state index contributed by atoms with van der Waals surface area (Å²) in [6.45, 7) is 2.41. The highest BCUT2D eigenvalue weighted by molar-refractivity contribution is 6.29. The van der Waals surface area contributed by atoms with Crippen molar-refractivity contribution in [1.29, 1.82) is 0 Å². The number of methoxy groups -OCH3 is 1. The largest absolute Gasteiger partial charge is 0.496 e. The quantitative estimate of drug-likeness (QED) is 0.645. The second-order valence-corrected chi connectivity index (χ2v) is 7.25. The molecular weight excluding hydrogens is 388 g/mol. The second kappa shape index (κ2) is 8.59. The van der Waals surface area contributed by atoms with Crippen LogP contribution in [0.25, 0.3) is 11.1 Å². The zero-order valence-corrected chi connectivity index (χ0v) is 16.8. The van der Waals surface area contributed by atoms with Gasteiger partial charge in [0.15, 0.2) is 11.0 Å². The molecule has 0 spiro atoms. The molecule has 2 heterocycles. The molecule has 1 aromatic heterocycles. The van der Waals surface area contributed by atoms with Gasteiger partial charge < -0.3 is 4.74 Å². The third-order valence-electron chi connectivity index (χ3n) is 4.97. The van der Waals surface area contributed by atoms with Crippen molar-refractivity contribution in [3.8, 4) is 16.9 Å². The molecule has 1 aliphatic heterocycles. The number of para-hydroxylation sites is 1. The lowest BCUT2D eigenvalue weighted by Gasteiger charge is -2.33. The van der Waals surface area contributed by atoms with Crippen LogP contribution in [0.15, 0.2) is 60.7 Å². The fraction of sp³-hybridized carbons (Fsp3) is 0.227. The Hall–Kier alpha value is -2.96. The molecule has 0 aliphatic carbocycles. The van der Waals surface area contributed by atoms with Gasteiger partial charge in [-0.05, 0) is 29.3 Å². The number of nitrogens with zero attached hydrogens (tertiary/aromatic N) is 4. The lowest BCUT2D eigenvalue weighted by atomic mass is 10.0. The summed E-state index contributed by atoms with van der Waals surface area (Å²) in [7, 11) is 1.68. The van der Waals surface area contributed by atoms with E-state index in [1.807, 2.05) is 24.3 Å². The van der Waals surface area contributed by atoms with Crippen LogP contribution in [0.4, 0.5) is 5.82 Å². The highest BCUT2D eigenvalue weighted by atomic mass is 35.5. The molecule has 6 nitrogen and oxygen atoms in total. The lowest BCUT2D eigenvalue weighted by Crippen LogP contribution is -2.50. The van der Waals surface area contributed by atoms with Gasteiger partial charge in [-0.25, -0.2) is 0 Å². The van der Waals surface area contributed by atoms with Crippen LogP contribution in [0.3, 0.4) is 0 Å². The molecule has 2 aromatic carbocycles. The predicted octanol–water partition coefficient (Wildman–Crippen LogP) is 3.65. The Bertz CT molecular complexity index is 992. The second-order valence-electron chi connectivity index (χ2n) is 6.87. The molecule has 4 rings (SSSR count). The number of halogens is 1. The summed E-state index contributed by atoms with van der Waals surface area (Å²) in [6.07, 6.45) is 0. The molecule has 0 bridgehead atoms. The van der Waals surface area contributed by atoms with E-state index in [1.54, 1.807) is 24.1 Å². The molecule has 0 atom stereocenters. The Morgan fingerprint density at radius 3 is 2.48 bits per heavy atom. The van der Waals surface area contributed by atoms with Crippen LogP contribution in [0.1, 0.15) is 5.56 Å². The molecule has 0 N–H and O–H groups in total. The van der Waals surface area contributed by atoms with E-state index in [4.69, 9.17) is 16.3 Å². The van der Waals surface area contributed by atoms with Gasteiger partial charge in [0.1, 0.15) is 5.75 Å². The SMILES string of the molecule is COc1ccccc1-c1ccc(CN2CCN(c3ccc(Cl)nn3)C(=O)C2)cc1. The number of anilines is 1. The minimum Gasteiger partial charge on any atom is -0.496 e. The maximum Gasteiger partial charge on any atom is 0.242 e. The third kappa shape index (κ3) is 4.39. The van der Waals surface area contributed by atoms with Crippen molar-refractivity contribution >= 4 is 23.3 Å². The number of hydrogen-bond acceptors (Lipinski definition) is 5. The summed E-state index contributed by atoms with van der Waals surface area (Å²) in [5.74, 6) is 1.41. The standard InChI is InChI=1S/C22H21ClN4O2/c1-29-19-5-3-2-4-18(19)17-8-6-16(7-9-17)14-26-12-13-27(22(28)15-26)21-11-10-20(23)24-25-21/h2-11H,12-15H2,1H3. The van der Waals surface area contributed by atoms with E-state index in [2.05, 4.69) is 39.4 Å². The zero-order chi connectivity index (χ0) is 20.2. The molecule has 3 aromatic rings. The van der Waals surface area contributed by atoms with E-state index in [1.165, 1.54) is 0 Å². The number of amides is 1. The van der Waals surface area contributed by atoms with E-state index in [0.717, 1.165) is 35.5 Å². The molecule has 0 saturated carbocycles. The normalized spacial score (nSPS) is 14.8. The first-order valence-electron chi connectivity index (χ1n) is 9.38. The van der Waals surface area contributed by atoms with Crippen LogP contribution in [-0.4, -0.2) is 47.7 Å². The number of carbonyl (C=O) groups is 1. The van der Waals surface area contributed by atoms with Crippen molar-refractivity contribution in [2.45, 2.75) is 6.54 Å². The smallest absolute Gasteiger partial charge is 0.242 e. The van der Waals surface area contributed by atoms with E-state index in [0.29, 0.717) is 24.1 Å². The van der Waals surface area contributed by atoms with Crippen molar-refractivity contribution in [2.75, 3.05) is 31.6 Å². The molecule has 1 fully saturated rings. The van der Waals surface area contributed by atoms with Crippen molar-refractivity contribution in [1.82, 2.24) is 15.1 Å². The minimum absolute atomic E-state index is 0.0125. The Kier molecular flexibility index (Phi) is 5.74. The Balaban J connectivity index is 1.40. The molecule has 7 heteroatoms. The predicted molar refractivity (Wildman–Crippen MR) is 113 cm³/mol. The molecule has 1 amide bonds. The number of rotatable bonds is 5. The molecular formula is C22H21ClN4O2. The van der Waals surface area contributed by atoms with Gasteiger partial charge >= 0.3 is 0 Å². The topological polar surface area (TPSA) is 58.6 Å². The maximum atomic E-state index is 12.6. The van der Waals surface area contributed by atoms with E-state index < -0.39 is 0 Å². The number of aromatic nitrogens is 2. The highest BCUT2D eigenvalue weighted by Crippen LogP contribution is 2.29. The summed E-state index contributed by atoms with van der Waals surface area (Å²) >= 11 is 5.78. The van der Waals surface area contributed by atoms with E-state index >= 15 is 0 Å². The summed E-state index contributed by atoms with van der Waals surface area (Å²) < 4.78 is 5.45. The first-order chi connectivity index (χ1) is 14.1. The van der Waals surface area contributed by atoms with Gasteiger partial charge in [0.25, 0.3) is 0 Å². The van der Waals surface area contributed by atoms with Crippen LogP contribution >= 0.6 is 11.6 Å². The average Bonchev–Trinajstić information content (AvgIpc) is 2.75. The maximum absolute atomic E-state index is 12.6. The molecule has 1 saturated heterocycles. The summed E-state index contributed by atoms with van der Waals surface area (Å²) in [5.41, 5.74) is 3.33. The minimum atomic E-state index is 0.0125. The van der Waals surface area contributed by atoms with Gasteiger partial charge in [0.2, 0.25) is 5.91 Å². The van der Waals surface area contributed by atoms with E-state index in [9.17, 15) is 4.79 Å². The fourth-order valence-corrected chi connectivity index (χ4v) is 3.58. The molecule has 148 valence electrons. The van der Waals surface area contributed by atoms with Crippen molar-refractivity contribution in [3.63, 3.8) is 0 Å². The van der Waals surface area contributed by atoms with Gasteiger partial charge in [-0.3, -0.25) is 14.6 Å². The Morgan fingerprint density at radius 2 is 1.79 bits per heavy atom. The van der Waals surface area contributed by atoms with Crippen molar-refractivity contribution < 1.29 is 9.53 Å². The first kappa shape index (κ1) is 19.4. The Morgan fingerprint density at radius 1 is 1.00 bits per heavy atom. The number of hydrogen-bond donors (Lipinski definition) is 0. The first-order valence-corrected chi connectivity index (χ1v) is 9.76. The number of benzene rings is 2. The summed E-state index contributed by atoms with van der Waals surface area (Å²) in [6, 6.07) is 19.7. The molecule has 1 aliphatic rings. The number of piperazine rings is 1. The molecule has 0 unspecified atom stereocenters. The van der Waals surface area contributed by atoms with Crippen molar-refractivity contribution in [3.05, 3.63) is 71.4 Å². The van der Waals surface area contributed by atoms with Crippen LogP contribution in [0, 0.1) is 0 Å². The lowest BCUT2D eigenvalue weighted by molar-refractivity contribution is -0.121. The fourth-order valence-electron chi connectivity index (χ4n) is 3.48. The van der Waals surface area contributed by atoms with Crippen LogP contribution < -0.4 is 9.64 Å². The van der Waals surface area contributed by atoms with Gasteiger partial charge in [0.05, 0.1) is 13.7 Å². The van der Waals surface area contributed by atoms with Crippen LogP contribution in [0.5, 0.6) is 5.75 Å². The van der Waals surface area contributed by atoms with Gasteiger partial charge in [-0.15, -0.1) is 10.2 Å². The Labute approximate surface area is 174 Å². The van der Waals surface area contributed by atoms with E-state index in [-0.39, 0.29) is 5.91 Å². The zero-order valence-electron chi connectivity index (χ0n) is 16.1. The summed E-state index contributed by atoms with van der Waals surface area (Å²) in [5, 5.41) is 8.14. The van der Waals surface area contributed by atoms with Gasteiger partial charge in [-0.1, -0.05) is 54.1 Å². The number of carbonyl (C=O) groups excluding carboxylic acids is 1. The van der Waals surface area contributed by atoms with Crippen LogP contribution in [0.2, 0.25) is 5.15 Å². The average molecular weight is 409 g/mol. The molecule has 0 radical (unpaired) electrons. The number of ether oxygens (including phenoxy) is 1. The summed E-state index contributed by atoms with van der Waals surface area (Å²) in [4.78, 5) is 16.4. The highest BCUT2D eigenvalue weighted by Gasteiger charge is 2.26. The third-order valence-corrected chi connectivity index (χ3v) is 5.17. The monoisotopic (exact) mass is 408 g/mol. The van der Waals surface area contributed by atoms with Crippen molar-refractivity contribution in [2.24, 2.45) is 0 Å². The van der Waals surface area contributed by atoms with Gasteiger partial charge in [0, 0.05) is 25.2 Å².